The van der Waals surface area contributed by atoms with E-state index in [4.69, 9.17) is 4.74 Å². The molecule has 0 unspecified atom stereocenters. The fourth-order valence-corrected chi connectivity index (χ4v) is 3.70. The molecule has 2 aliphatic rings. The van der Waals surface area contributed by atoms with Crippen LogP contribution in [0, 0.1) is 18.3 Å². The van der Waals surface area contributed by atoms with E-state index in [0.717, 1.165) is 18.4 Å². The molecule has 1 N–H and O–H groups in total. The normalized spacial score (nSPS) is 26.8. The number of rotatable bonds is 4. The fraction of sp³-hybridized carbons (Fsp3) is 0.529. The molecule has 1 saturated carbocycles. The molecule has 2 atom stereocenters. The van der Waals surface area contributed by atoms with Gasteiger partial charge in [-0.1, -0.05) is 24.1 Å². The third-order valence-electron chi connectivity index (χ3n) is 5.03. The predicted molar refractivity (Wildman–Crippen MR) is 80.7 cm³/mol. The largest absolute Gasteiger partial charge is 0.484 e. The van der Waals surface area contributed by atoms with Gasteiger partial charge in [0.05, 0.1) is 5.41 Å². The average Bonchev–Trinajstić information content (AvgIpc) is 3.04. The molecule has 0 bridgehead atoms. The molecule has 0 aromatic heterocycles. The number of carbonyl (C=O) groups excluding carboxylic acids is 1. The van der Waals surface area contributed by atoms with Crippen LogP contribution in [0.2, 0.25) is 0 Å². The summed E-state index contributed by atoms with van der Waals surface area (Å²) in [6.45, 7) is 2.82. The van der Waals surface area contributed by atoms with Gasteiger partial charge in [0.25, 0.3) is 5.91 Å². The first-order chi connectivity index (χ1) is 10.5. The Morgan fingerprint density at radius 3 is 2.73 bits per heavy atom. The number of carboxylic acids is 1. The number of hydrogen-bond donors (Lipinski definition) is 1. The van der Waals surface area contributed by atoms with Gasteiger partial charge < -0.3 is 14.7 Å². The number of amides is 1. The lowest BCUT2D eigenvalue weighted by Gasteiger charge is -2.23. The van der Waals surface area contributed by atoms with Crippen molar-refractivity contribution in [2.75, 3.05) is 19.7 Å². The lowest BCUT2D eigenvalue weighted by atomic mass is 9.81. The van der Waals surface area contributed by atoms with Gasteiger partial charge in [0.1, 0.15) is 5.75 Å². The van der Waals surface area contributed by atoms with Crippen LogP contribution in [0.25, 0.3) is 0 Å². The second kappa shape index (κ2) is 5.63. The van der Waals surface area contributed by atoms with Gasteiger partial charge in [-0.3, -0.25) is 9.59 Å². The van der Waals surface area contributed by atoms with Crippen LogP contribution in [0.5, 0.6) is 5.75 Å². The van der Waals surface area contributed by atoms with Crippen LogP contribution in [-0.2, 0) is 9.59 Å². The molecule has 0 spiro atoms. The molecule has 3 rings (SSSR count). The van der Waals surface area contributed by atoms with Crippen LogP contribution in [0.4, 0.5) is 0 Å². The van der Waals surface area contributed by atoms with Crippen LogP contribution in [0.15, 0.2) is 24.3 Å². The summed E-state index contributed by atoms with van der Waals surface area (Å²) in [5, 5.41) is 9.54. The molecule has 5 heteroatoms. The molecule has 1 aromatic rings. The highest BCUT2D eigenvalue weighted by atomic mass is 16.5. The highest BCUT2D eigenvalue weighted by Crippen LogP contribution is 2.48. The van der Waals surface area contributed by atoms with Crippen molar-refractivity contribution in [1.82, 2.24) is 4.90 Å². The summed E-state index contributed by atoms with van der Waals surface area (Å²) in [6.07, 6.45) is 2.52. The molecule has 22 heavy (non-hydrogen) atoms. The zero-order chi connectivity index (χ0) is 15.7. The van der Waals surface area contributed by atoms with Crippen LogP contribution in [0.1, 0.15) is 24.8 Å². The lowest BCUT2D eigenvalue weighted by Crippen LogP contribution is -2.38. The first-order valence-corrected chi connectivity index (χ1v) is 7.72. The topological polar surface area (TPSA) is 66.8 Å². The SMILES string of the molecule is Cc1ccc(OCC(=O)N2C[C@@H]3CCC[C@@]3(C(=O)O)C2)cc1. The van der Waals surface area contributed by atoms with Crippen molar-refractivity contribution < 1.29 is 19.4 Å². The van der Waals surface area contributed by atoms with Crippen molar-refractivity contribution >= 4 is 11.9 Å². The summed E-state index contributed by atoms with van der Waals surface area (Å²) in [5.74, 6) is -0.139. The average molecular weight is 303 g/mol. The number of fused-ring (bicyclic) bond motifs is 1. The number of nitrogens with zero attached hydrogens (tertiary/aromatic N) is 1. The minimum atomic E-state index is -0.759. The number of carbonyl (C=O) groups is 2. The van der Waals surface area contributed by atoms with Crippen molar-refractivity contribution in [2.45, 2.75) is 26.2 Å². The van der Waals surface area contributed by atoms with Gasteiger partial charge in [-0.2, -0.15) is 0 Å². The Hall–Kier alpha value is -2.04. The Morgan fingerprint density at radius 1 is 1.36 bits per heavy atom. The molecule has 0 radical (unpaired) electrons. The predicted octanol–water partition coefficient (Wildman–Crippen LogP) is 2.09. The van der Waals surface area contributed by atoms with E-state index in [-0.39, 0.29) is 18.4 Å². The summed E-state index contributed by atoms with van der Waals surface area (Å²) in [4.78, 5) is 25.6. The zero-order valence-corrected chi connectivity index (χ0v) is 12.7. The van der Waals surface area contributed by atoms with Gasteiger partial charge >= 0.3 is 5.97 Å². The maximum absolute atomic E-state index is 12.3. The second-order valence-electron chi connectivity index (χ2n) is 6.43. The molecule has 1 aliphatic heterocycles. The summed E-state index contributed by atoms with van der Waals surface area (Å²) in [5.41, 5.74) is 0.411. The summed E-state index contributed by atoms with van der Waals surface area (Å²) in [7, 11) is 0. The van der Waals surface area contributed by atoms with E-state index in [9.17, 15) is 14.7 Å². The van der Waals surface area contributed by atoms with Gasteiger partial charge in [0.2, 0.25) is 0 Å². The Labute approximate surface area is 129 Å². The first kappa shape index (κ1) is 14.9. The molecule has 5 nitrogen and oxygen atoms in total. The lowest BCUT2D eigenvalue weighted by molar-refractivity contribution is -0.149. The Kier molecular flexibility index (Phi) is 3.81. The second-order valence-corrected chi connectivity index (χ2v) is 6.43. The maximum atomic E-state index is 12.3. The molecule has 118 valence electrons. The zero-order valence-electron chi connectivity index (χ0n) is 12.7. The Bertz CT molecular complexity index is 583. The molecular formula is C17H21NO4. The molecule has 1 aromatic carbocycles. The van der Waals surface area contributed by atoms with Gasteiger partial charge in [0.15, 0.2) is 6.61 Å². The van der Waals surface area contributed by atoms with Gasteiger partial charge in [0, 0.05) is 13.1 Å². The van der Waals surface area contributed by atoms with Crippen LogP contribution >= 0.6 is 0 Å². The van der Waals surface area contributed by atoms with Gasteiger partial charge in [-0.05, 0) is 37.8 Å². The number of likely N-dealkylation sites (tertiary alicyclic amines) is 1. The highest BCUT2D eigenvalue weighted by molar-refractivity contribution is 5.82. The minimum Gasteiger partial charge on any atom is -0.484 e. The summed E-state index contributed by atoms with van der Waals surface area (Å²) in [6, 6.07) is 7.53. The van der Waals surface area contributed by atoms with Crippen molar-refractivity contribution in [1.29, 1.82) is 0 Å². The van der Waals surface area contributed by atoms with E-state index in [1.54, 1.807) is 4.90 Å². The van der Waals surface area contributed by atoms with E-state index >= 15 is 0 Å². The first-order valence-electron chi connectivity index (χ1n) is 7.72. The van der Waals surface area contributed by atoms with E-state index in [2.05, 4.69) is 0 Å². The molecule has 1 aliphatic carbocycles. The smallest absolute Gasteiger partial charge is 0.311 e. The van der Waals surface area contributed by atoms with Crippen LogP contribution in [0.3, 0.4) is 0 Å². The number of hydrogen-bond acceptors (Lipinski definition) is 3. The van der Waals surface area contributed by atoms with Crippen molar-refractivity contribution in [3.63, 3.8) is 0 Å². The monoisotopic (exact) mass is 303 g/mol. The fourth-order valence-electron chi connectivity index (χ4n) is 3.70. The van der Waals surface area contributed by atoms with Crippen molar-refractivity contribution in [3.8, 4) is 5.75 Å². The highest BCUT2D eigenvalue weighted by Gasteiger charge is 2.55. The maximum Gasteiger partial charge on any atom is 0.311 e. The van der Waals surface area contributed by atoms with E-state index < -0.39 is 11.4 Å². The molecule has 2 fully saturated rings. The molecule has 1 saturated heterocycles. The van der Waals surface area contributed by atoms with E-state index in [1.165, 1.54) is 0 Å². The number of aliphatic carboxylic acids is 1. The summed E-state index contributed by atoms with van der Waals surface area (Å²) >= 11 is 0. The quantitative estimate of drug-likeness (QED) is 0.925. The molecule has 1 amide bonds. The molecular weight excluding hydrogens is 282 g/mol. The van der Waals surface area contributed by atoms with E-state index in [0.29, 0.717) is 25.3 Å². The number of benzene rings is 1. The van der Waals surface area contributed by atoms with Crippen LogP contribution in [-0.4, -0.2) is 41.6 Å². The van der Waals surface area contributed by atoms with E-state index in [1.807, 2.05) is 31.2 Å². The van der Waals surface area contributed by atoms with Crippen LogP contribution < -0.4 is 4.74 Å². The van der Waals surface area contributed by atoms with Crippen molar-refractivity contribution in [2.24, 2.45) is 11.3 Å². The number of ether oxygens (including phenoxy) is 1. The number of carboxylic acid groups (broad SMARTS) is 1. The third kappa shape index (κ3) is 2.56. The number of aryl methyl sites for hydroxylation is 1. The Balaban J connectivity index is 1.60. The minimum absolute atomic E-state index is 0.0362. The summed E-state index contributed by atoms with van der Waals surface area (Å²) < 4.78 is 5.51. The standard InChI is InChI=1S/C17H21NO4/c1-12-4-6-14(7-5-12)22-10-15(19)18-9-13-3-2-8-17(13,11-18)16(20)21/h4-7,13H,2-3,8-11H2,1H3,(H,20,21)/t13-,17+/m0/s1. The van der Waals surface area contributed by atoms with Gasteiger partial charge in [-0.15, -0.1) is 0 Å². The van der Waals surface area contributed by atoms with Gasteiger partial charge in [-0.25, -0.2) is 0 Å². The third-order valence-corrected chi connectivity index (χ3v) is 5.03. The molecule has 1 heterocycles. The Morgan fingerprint density at radius 2 is 2.09 bits per heavy atom. The van der Waals surface area contributed by atoms with Crippen molar-refractivity contribution in [3.05, 3.63) is 29.8 Å².